The molecule has 2 heterocycles. The molecule has 1 N–H and O–H groups in total. The SMILES string of the molecule is CC(=O)Nc1ccc2nc(-c3ccc(Br)cc3)cn2c1. The van der Waals surface area contributed by atoms with E-state index >= 15 is 0 Å². The largest absolute Gasteiger partial charge is 0.325 e. The molecule has 1 amide bonds. The van der Waals surface area contributed by atoms with Crippen LogP contribution in [0.1, 0.15) is 6.92 Å². The summed E-state index contributed by atoms with van der Waals surface area (Å²) in [5.74, 6) is -0.0856. The van der Waals surface area contributed by atoms with E-state index in [0.29, 0.717) is 0 Å². The third kappa shape index (κ3) is 2.58. The number of hydrogen-bond donors (Lipinski definition) is 1. The van der Waals surface area contributed by atoms with Gasteiger partial charge in [0.2, 0.25) is 5.91 Å². The van der Waals surface area contributed by atoms with Crippen molar-refractivity contribution in [3.05, 3.63) is 53.3 Å². The Morgan fingerprint density at radius 1 is 1.15 bits per heavy atom. The molecule has 0 saturated carbocycles. The molecular weight excluding hydrogens is 318 g/mol. The molecule has 5 heteroatoms. The van der Waals surface area contributed by atoms with E-state index in [1.54, 1.807) is 0 Å². The van der Waals surface area contributed by atoms with E-state index in [9.17, 15) is 4.79 Å². The zero-order valence-corrected chi connectivity index (χ0v) is 12.4. The Bertz CT molecular complexity index is 777. The lowest BCUT2D eigenvalue weighted by Gasteiger charge is -2.01. The lowest BCUT2D eigenvalue weighted by molar-refractivity contribution is -0.114. The predicted octanol–water partition coefficient (Wildman–Crippen LogP) is 3.72. The molecule has 3 aromatic rings. The fourth-order valence-corrected chi connectivity index (χ4v) is 2.29. The van der Waals surface area contributed by atoms with Gasteiger partial charge in [0.15, 0.2) is 0 Å². The molecule has 3 rings (SSSR count). The zero-order chi connectivity index (χ0) is 14.1. The van der Waals surface area contributed by atoms with Crippen LogP contribution in [0.5, 0.6) is 0 Å². The van der Waals surface area contributed by atoms with Gasteiger partial charge in [0.05, 0.1) is 11.4 Å². The van der Waals surface area contributed by atoms with Crippen LogP contribution in [0.3, 0.4) is 0 Å². The lowest BCUT2D eigenvalue weighted by Crippen LogP contribution is -2.06. The number of hydrogen-bond acceptors (Lipinski definition) is 2. The summed E-state index contributed by atoms with van der Waals surface area (Å²) in [5.41, 5.74) is 3.55. The number of halogens is 1. The average Bonchev–Trinajstić information content (AvgIpc) is 2.81. The van der Waals surface area contributed by atoms with Gasteiger partial charge >= 0.3 is 0 Å². The maximum atomic E-state index is 11.1. The molecule has 4 nitrogen and oxygen atoms in total. The normalized spacial score (nSPS) is 10.7. The maximum absolute atomic E-state index is 11.1. The quantitative estimate of drug-likeness (QED) is 0.778. The smallest absolute Gasteiger partial charge is 0.221 e. The number of pyridine rings is 1. The molecular formula is C15H12BrN3O. The van der Waals surface area contributed by atoms with Gasteiger partial charge in [0.1, 0.15) is 5.65 Å². The van der Waals surface area contributed by atoms with Gasteiger partial charge in [-0.2, -0.15) is 0 Å². The number of benzene rings is 1. The molecule has 0 radical (unpaired) electrons. The van der Waals surface area contributed by atoms with Crippen LogP contribution in [0.4, 0.5) is 5.69 Å². The number of rotatable bonds is 2. The van der Waals surface area contributed by atoms with Gasteiger partial charge in [0, 0.05) is 29.4 Å². The average molecular weight is 330 g/mol. The Kier molecular flexibility index (Phi) is 3.28. The fraction of sp³-hybridized carbons (Fsp3) is 0.0667. The first-order valence-electron chi connectivity index (χ1n) is 6.14. The van der Waals surface area contributed by atoms with Crippen molar-refractivity contribution in [2.24, 2.45) is 0 Å². The fourth-order valence-electron chi connectivity index (χ4n) is 2.03. The van der Waals surface area contributed by atoms with E-state index in [4.69, 9.17) is 0 Å². The van der Waals surface area contributed by atoms with Gasteiger partial charge in [-0.1, -0.05) is 28.1 Å². The zero-order valence-electron chi connectivity index (χ0n) is 10.8. The van der Waals surface area contributed by atoms with Crippen LogP contribution in [0.25, 0.3) is 16.9 Å². The lowest BCUT2D eigenvalue weighted by atomic mass is 10.2. The second-order valence-electron chi connectivity index (χ2n) is 4.50. The van der Waals surface area contributed by atoms with Crippen LogP contribution in [0.2, 0.25) is 0 Å². The van der Waals surface area contributed by atoms with E-state index in [1.165, 1.54) is 6.92 Å². The summed E-state index contributed by atoms with van der Waals surface area (Å²) in [4.78, 5) is 15.6. The Morgan fingerprint density at radius 2 is 1.90 bits per heavy atom. The van der Waals surface area contributed by atoms with Crippen molar-refractivity contribution in [3.63, 3.8) is 0 Å². The van der Waals surface area contributed by atoms with Gasteiger partial charge in [-0.3, -0.25) is 4.79 Å². The van der Waals surface area contributed by atoms with Crippen molar-refractivity contribution in [1.82, 2.24) is 9.38 Å². The van der Waals surface area contributed by atoms with Crippen molar-refractivity contribution in [1.29, 1.82) is 0 Å². The number of anilines is 1. The molecule has 0 bridgehead atoms. The number of carbonyl (C=O) groups is 1. The van der Waals surface area contributed by atoms with Gasteiger partial charge in [-0.15, -0.1) is 0 Å². The van der Waals surface area contributed by atoms with E-state index < -0.39 is 0 Å². The number of carbonyl (C=O) groups excluding carboxylic acids is 1. The summed E-state index contributed by atoms with van der Waals surface area (Å²) in [6.45, 7) is 1.49. The van der Waals surface area contributed by atoms with Crippen molar-refractivity contribution in [3.8, 4) is 11.3 Å². The second-order valence-corrected chi connectivity index (χ2v) is 5.41. The molecule has 20 heavy (non-hydrogen) atoms. The van der Waals surface area contributed by atoms with Crippen LogP contribution in [0, 0.1) is 0 Å². The number of nitrogens with zero attached hydrogens (tertiary/aromatic N) is 2. The molecule has 0 saturated heterocycles. The molecule has 2 aromatic heterocycles. The molecule has 0 atom stereocenters. The number of imidazole rings is 1. The molecule has 0 aliphatic heterocycles. The van der Waals surface area contributed by atoms with Crippen LogP contribution in [0.15, 0.2) is 53.3 Å². The summed E-state index contributed by atoms with van der Waals surface area (Å²) in [5, 5.41) is 2.76. The first-order valence-corrected chi connectivity index (χ1v) is 6.93. The number of fused-ring (bicyclic) bond motifs is 1. The molecule has 0 aliphatic rings. The first kappa shape index (κ1) is 12.9. The van der Waals surface area contributed by atoms with Crippen LogP contribution < -0.4 is 5.32 Å². The molecule has 0 spiro atoms. The molecule has 0 fully saturated rings. The Balaban J connectivity index is 2.01. The minimum atomic E-state index is -0.0856. The standard InChI is InChI=1S/C15H12BrN3O/c1-10(20)17-13-6-7-15-18-14(9-19(15)8-13)11-2-4-12(16)5-3-11/h2-9H,1H3,(H,17,20). The summed E-state index contributed by atoms with van der Waals surface area (Å²) >= 11 is 3.42. The van der Waals surface area contributed by atoms with Crippen molar-refractivity contribution >= 4 is 33.2 Å². The second kappa shape index (κ2) is 5.09. The van der Waals surface area contributed by atoms with Crippen LogP contribution in [-0.2, 0) is 4.79 Å². The highest BCUT2D eigenvalue weighted by molar-refractivity contribution is 9.10. The van der Waals surface area contributed by atoms with E-state index in [1.807, 2.05) is 53.2 Å². The van der Waals surface area contributed by atoms with Crippen molar-refractivity contribution in [2.45, 2.75) is 6.92 Å². The first-order chi connectivity index (χ1) is 9.61. The van der Waals surface area contributed by atoms with Gasteiger partial charge < -0.3 is 9.72 Å². The number of aromatic nitrogens is 2. The molecule has 1 aromatic carbocycles. The van der Waals surface area contributed by atoms with Gasteiger partial charge in [-0.25, -0.2) is 4.98 Å². The highest BCUT2D eigenvalue weighted by Crippen LogP contribution is 2.22. The van der Waals surface area contributed by atoms with E-state index in [2.05, 4.69) is 26.2 Å². The number of amides is 1. The van der Waals surface area contributed by atoms with Gasteiger partial charge in [-0.05, 0) is 24.3 Å². The Hall–Kier alpha value is -2.14. The van der Waals surface area contributed by atoms with Gasteiger partial charge in [0.25, 0.3) is 0 Å². The van der Waals surface area contributed by atoms with Crippen molar-refractivity contribution in [2.75, 3.05) is 5.32 Å². The third-order valence-electron chi connectivity index (χ3n) is 2.91. The summed E-state index contributed by atoms with van der Waals surface area (Å²) in [7, 11) is 0. The van der Waals surface area contributed by atoms with E-state index in [-0.39, 0.29) is 5.91 Å². The minimum absolute atomic E-state index is 0.0856. The van der Waals surface area contributed by atoms with Crippen LogP contribution in [-0.4, -0.2) is 15.3 Å². The third-order valence-corrected chi connectivity index (χ3v) is 3.44. The molecule has 0 unspecified atom stereocenters. The molecule has 100 valence electrons. The summed E-state index contributed by atoms with van der Waals surface area (Å²) < 4.78 is 2.95. The highest BCUT2D eigenvalue weighted by Gasteiger charge is 2.05. The molecule has 0 aliphatic carbocycles. The summed E-state index contributed by atoms with van der Waals surface area (Å²) in [6.07, 6.45) is 3.80. The monoisotopic (exact) mass is 329 g/mol. The topological polar surface area (TPSA) is 46.4 Å². The number of nitrogens with one attached hydrogen (secondary N) is 1. The van der Waals surface area contributed by atoms with Crippen molar-refractivity contribution < 1.29 is 4.79 Å². The Morgan fingerprint density at radius 3 is 2.60 bits per heavy atom. The predicted molar refractivity (Wildman–Crippen MR) is 82.6 cm³/mol. The van der Waals surface area contributed by atoms with Crippen LogP contribution >= 0.6 is 15.9 Å². The maximum Gasteiger partial charge on any atom is 0.221 e. The minimum Gasteiger partial charge on any atom is -0.325 e. The Labute approximate surface area is 124 Å². The summed E-state index contributed by atoms with van der Waals surface area (Å²) in [6, 6.07) is 11.7. The highest BCUT2D eigenvalue weighted by atomic mass is 79.9. The van der Waals surface area contributed by atoms with E-state index in [0.717, 1.165) is 27.1 Å².